The van der Waals surface area contributed by atoms with Crippen molar-refractivity contribution < 1.29 is 38.0 Å². The molecule has 0 fully saturated rings. The molecule has 12 nitrogen and oxygen atoms in total. The summed E-state index contributed by atoms with van der Waals surface area (Å²) in [5.41, 5.74) is -0.237. The number of carbonyl (C=O) groups excluding carboxylic acids is 2. The van der Waals surface area contributed by atoms with E-state index in [0.29, 0.717) is 24.1 Å². The average molecular weight is 482 g/mol. The zero-order chi connectivity index (χ0) is 24.4. The van der Waals surface area contributed by atoms with Gasteiger partial charge in [0.2, 0.25) is 0 Å². The van der Waals surface area contributed by atoms with Gasteiger partial charge in [-0.2, -0.15) is 10.6 Å². The average Bonchev–Trinajstić information content (AvgIpc) is 2.79. The molecule has 0 amide bonds. The van der Waals surface area contributed by atoms with E-state index in [0.717, 1.165) is 0 Å². The van der Waals surface area contributed by atoms with E-state index in [1.54, 1.807) is 0 Å². The highest BCUT2D eigenvalue weighted by Gasteiger charge is 2.34. The largest absolute Gasteiger partial charge is 0.494 e. The van der Waals surface area contributed by atoms with Crippen LogP contribution < -0.4 is 9.47 Å². The Morgan fingerprint density at radius 3 is 1.36 bits per heavy atom. The Bertz CT molecular complexity index is 888. The second-order valence-corrected chi connectivity index (χ2v) is 9.25. The van der Waals surface area contributed by atoms with Gasteiger partial charge in [0.05, 0.1) is 23.1 Å². The fourth-order valence-corrected chi connectivity index (χ4v) is 4.45. The van der Waals surface area contributed by atoms with Gasteiger partial charge in [0.25, 0.3) is 11.4 Å². The molecule has 0 heterocycles. The van der Waals surface area contributed by atoms with Gasteiger partial charge in [0.15, 0.2) is 0 Å². The molecule has 2 unspecified atom stereocenters. The SMILES string of the molecule is O=CC(CCOc1ccc([N+](=O)[O-])cc1)S(O)(O)C(C=O)CCOc1ccc([N+](=O)[O-])cc1. The minimum absolute atomic E-state index is 0.0953. The minimum atomic E-state index is -3.68. The molecule has 0 aromatic heterocycles. The fourth-order valence-electron chi connectivity index (χ4n) is 2.79. The van der Waals surface area contributed by atoms with Crippen molar-refractivity contribution in [2.45, 2.75) is 23.3 Å². The molecule has 2 atom stereocenters. The van der Waals surface area contributed by atoms with Gasteiger partial charge < -0.3 is 19.1 Å². The van der Waals surface area contributed by atoms with Crippen molar-refractivity contribution in [3.05, 3.63) is 68.8 Å². The summed E-state index contributed by atoms with van der Waals surface area (Å²) < 4.78 is 31.9. The van der Waals surface area contributed by atoms with Gasteiger partial charge in [-0.05, 0) is 24.3 Å². The standard InChI is InChI=1S/C20H22N2O10S/c23-13-19(9-11-31-17-5-1-15(2-6-17)21(25)26)33(29,30)20(14-24)10-12-32-18-7-3-16(4-8-18)22(27)28/h1-8,13-14,19-20,29-30H,9-12H2. The van der Waals surface area contributed by atoms with E-state index in [-0.39, 0.29) is 37.4 Å². The molecule has 0 aliphatic carbocycles. The summed E-state index contributed by atoms with van der Waals surface area (Å²) in [5, 5.41) is 18.8. The first-order valence-electron chi connectivity index (χ1n) is 9.60. The maximum atomic E-state index is 11.5. The van der Waals surface area contributed by atoms with Gasteiger partial charge in [-0.1, -0.05) is 0 Å². The number of nitro benzene ring substituents is 2. The molecule has 178 valence electrons. The van der Waals surface area contributed by atoms with Crippen molar-refractivity contribution in [2.75, 3.05) is 13.2 Å². The van der Waals surface area contributed by atoms with Gasteiger partial charge in [-0.15, -0.1) is 0 Å². The predicted octanol–water partition coefficient (Wildman–Crippen LogP) is 3.63. The number of aldehydes is 2. The molecule has 0 spiro atoms. The summed E-state index contributed by atoms with van der Waals surface area (Å²) in [5.74, 6) is 0.593. The van der Waals surface area contributed by atoms with Crippen molar-refractivity contribution in [2.24, 2.45) is 0 Å². The maximum absolute atomic E-state index is 11.5. The number of nitro groups is 2. The van der Waals surface area contributed by atoms with Crippen LogP contribution in [0.2, 0.25) is 0 Å². The highest BCUT2D eigenvalue weighted by Crippen LogP contribution is 2.50. The first-order valence-corrected chi connectivity index (χ1v) is 11.3. The quantitative estimate of drug-likeness (QED) is 0.229. The Balaban J connectivity index is 1.89. The van der Waals surface area contributed by atoms with Crippen molar-refractivity contribution in [3.8, 4) is 11.5 Å². The molecule has 2 aromatic carbocycles. The van der Waals surface area contributed by atoms with Gasteiger partial charge in [-0.3, -0.25) is 29.3 Å². The normalized spacial score (nSPS) is 13.4. The second kappa shape index (κ2) is 11.9. The molecule has 0 radical (unpaired) electrons. The molecular weight excluding hydrogens is 460 g/mol. The van der Waals surface area contributed by atoms with Crippen LogP contribution in [0, 0.1) is 20.2 Å². The van der Waals surface area contributed by atoms with Crippen molar-refractivity contribution in [1.29, 1.82) is 0 Å². The number of hydrogen-bond acceptors (Lipinski definition) is 10. The lowest BCUT2D eigenvalue weighted by Crippen LogP contribution is -2.32. The number of nitrogens with zero attached hydrogens (tertiary/aromatic N) is 2. The maximum Gasteiger partial charge on any atom is 0.269 e. The molecular formula is C20H22N2O10S. The van der Waals surface area contributed by atoms with Crippen LogP contribution in [0.4, 0.5) is 11.4 Å². The van der Waals surface area contributed by atoms with Gasteiger partial charge in [0, 0.05) is 37.1 Å². The van der Waals surface area contributed by atoms with Crippen molar-refractivity contribution in [3.63, 3.8) is 0 Å². The molecule has 33 heavy (non-hydrogen) atoms. The highest BCUT2D eigenvalue weighted by atomic mass is 32.3. The molecule has 0 saturated carbocycles. The molecule has 0 saturated heterocycles. The zero-order valence-electron chi connectivity index (χ0n) is 17.2. The topological polar surface area (TPSA) is 179 Å². The first kappa shape index (κ1) is 25.7. The van der Waals surface area contributed by atoms with Gasteiger partial charge in [0.1, 0.15) is 34.6 Å². The molecule has 2 N–H and O–H groups in total. The first-order chi connectivity index (χ1) is 15.7. The monoisotopic (exact) mass is 482 g/mol. The minimum Gasteiger partial charge on any atom is -0.494 e. The third-order valence-electron chi connectivity index (χ3n) is 4.63. The van der Waals surface area contributed by atoms with Crippen molar-refractivity contribution in [1.82, 2.24) is 0 Å². The lowest BCUT2D eigenvalue weighted by molar-refractivity contribution is -0.385. The third-order valence-corrected chi connectivity index (χ3v) is 7.11. The van der Waals surface area contributed by atoms with E-state index in [2.05, 4.69) is 0 Å². The summed E-state index contributed by atoms with van der Waals surface area (Å²) in [6.07, 6.45) is 0.497. The number of non-ortho nitro benzene ring substituents is 2. The fraction of sp³-hybridized carbons (Fsp3) is 0.300. The Morgan fingerprint density at radius 2 is 1.09 bits per heavy atom. The zero-order valence-corrected chi connectivity index (χ0v) is 18.0. The van der Waals surface area contributed by atoms with Crippen LogP contribution in [0.25, 0.3) is 0 Å². The van der Waals surface area contributed by atoms with E-state index >= 15 is 0 Å². The van der Waals surface area contributed by atoms with Gasteiger partial charge in [-0.25, -0.2) is 0 Å². The summed E-state index contributed by atoms with van der Waals surface area (Å²) in [7, 11) is -3.68. The Labute approximate surface area is 189 Å². The smallest absolute Gasteiger partial charge is 0.269 e. The summed E-state index contributed by atoms with van der Waals surface area (Å²) in [4.78, 5) is 43.2. The summed E-state index contributed by atoms with van der Waals surface area (Å²) in [6, 6.07) is 10.5. The molecule has 0 aliphatic rings. The van der Waals surface area contributed by atoms with Crippen LogP contribution in [-0.2, 0) is 9.59 Å². The Hall–Kier alpha value is -3.55. The molecule has 2 rings (SSSR count). The summed E-state index contributed by atoms with van der Waals surface area (Å²) >= 11 is 0. The predicted molar refractivity (Wildman–Crippen MR) is 119 cm³/mol. The highest BCUT2D eigenvalue weighted by molar-refractivity contribution is 8.26. The van der Waals surface area contributed by atoms with E-state index in [9.17, 15) is 38.9 Å². The molecule has 0 bridgehead atoms. The van der Waals surface area contributed by atoms with Crippen LogP contribution >= 0.6 is 10.6 Å². The van der Waals surface area contributed by atoms with Crippen LogP contribution in [0.15, 0.2) is 48.5 Å². The van der Waals surface area contributed by atoms with Crippen LogP contribution in [-0.4, -0.2) is 55.2 Å². The van der Waals surface area contributed by atoms with E-state index in [4.69, 9.17) is 9.47 Å². The third kappa shape index (κ3) is 7.24. The van der Waals surface area contributed by atoms with E-state index in [1.807, 2.05) is 0 Å². The van der Waals surface area contributed by atoms with E-state index in [1.165, 1.54) is 48.5 Å². The van der Waals surface area contributed by atoms with Crippen molar-refractivity contribution >= 4 is 34.5 Å². The Kier molecular flexibility index (Phi) is 9.27. The van der Waals surface area contributed by atoms with Crippen LogP contribution in [0.3, 0.4) is 0 Å². The number of ether oxygens (including phenoxy) is 2. The Morgan fingerprint density at radius 1 is 0.758 bits per heavy atom. The second-order valence-electron chi connectivity index (χ2n) is 6.76. The van der Waals surface area contributed by atoms with E-state index < -0.39 is 30.9 Å². The van der Waals surface area contributed by atoms with Gasteiger partial charge >= 0.3 is 0 Å². The lowest BCUT2D eigenvalue weighted by Gasteiger charge is -2.41. The lowest BCUT2D eigenvalue weighted by atomic mass is 10.3. The van der Waals surface area contributed by atoms with Crippen LogP contribution in [0.1, 0.15) is 12.8 Å². The number of carbonyl (C=O) groups is 2. The number of hydrogen-bond donors (Lipinski definition) is 2. The number of rotatable bonds is 14. The number of benzene rings is 2. The molecule has 2 aromatic rings. The summed E-state index contributed by atoms with van der Waals surface area (Å²) in [6.45, 7) is -0.191. The molecule has 0 aliphatic heterocycles. The van der Waals surface area contributed by atoms with Crippen LogP contribution in [0.5, 0.6) is 11.5 Å². The molecule has 13 heteroatoms.